The van der Waals surface area contributed by atoms with Crippen molar-refractivity contribution in [3.8, 4) is 0 Å². The van der Waals surface area contributed by atoms with E-state index >= 15 is 0 Å². The van der Waals surface area contributed by atoms with E-state index in [-0.39, 0.29) is 17.7 Å². The summed E-state index contributed by atoms with van der Waals surface area (Å²) in [6.45, 7) is 6.80. The van der Waals surface area contributed by atoms with Gasteiger partial charge in [-0.05, 0) is 45.6 Å². The van der Waals surface area contributed by atoms with E-state index in [1.165, 1.54) is 5.56 Å². The molecule has 114 valence electrons. The Kier molecular flexibility index (Phi) is 3.83. The maximum atomic E-state index is 12.4. The lowest BCUT2D eigenvalue weighted by Crippen LogP contribution is -2.57. The van der Waals surface area contributed by atoms with Crippen LogP contribution in [0.4, 0.5) is 0 Å². The Labute approximate surface area is 125 Å². The van der Waals surface area contributed by atoms with Crippen molar-refractivity contribution in [1.82, 2.24) is 5.32 Å². The summed E-state index contributed by atoms with van der Waals surface area (Å²) in [5.74, 6) is -0.752. The van der Waals surface area contributed by atoms with Crippen molar-refractivity contribution in [2.45, 2.75) is 45.6 Å². The quantitative estimate of drug-likeness (QED) is 0.876. The number of aliphatic carboxylic acids is 1. The summed E-state index contributed by atoms with van der Waals surface area (Å²) < 4.78 is 0. The van der Waals surface area contributed by atoms with Gasteiger partial charge in [-0.25, -0.2) is 0 Å². The van der Waals surface area contributed by atoms with Gasteiger partial charge in [0.2, 0.25) is 5.91 Å². The fraction of sp³-hybridized carbons (Fsp3) is 0.529. The number of rotatable bonds is 5. The first-order valence-electron chi connectivity index (χ1n) is 7.27. The molecule has 4 heteroatoms. The van der Waals surface area contributed by atoms with Crippen molar-refractivity contribution >= 4 is 11.9 Å². The maximum absolute atomic E-state index is 12.4. The largest absolute Gasteiger partial charge is 0.481 e. The summed E-state index contributed by atoms with van der Waals surface area (Å²) in [5, 5.41) is 12.2. The van der Waals surface area contributed by atoms with Crippen LogP contribution in [-0.4, -0.2) is 22.5 Å². The molecule has 1 amide bonds. The zero-order valence-corrected chi connectivity index (χ0v) is 13.0. The number of nitrogens with one attached hydrogen (secondary N) is 1. The standard InChI is InChI=1S/C17H23NO3/c1-16(2,15(20)21)17(3,4)18-14(19)13-10-12(13)11-8-6-5-7-9-11/h5-9,12-13H,10H2,1-4H3,(H,18,19)(H,20,21). The first-order valence-corrected chi connectivity index (χ1v) is 7.27. The first kappa shape index (κ1) is 15.5. The van der Waals surface area contributed by atoms with Crippen molar-refractivity contribution in [3.05, 3.63) is 35.9 Å². The molecule has 1 aromatic carbocycles. The van der Waals surface area contributed by atoms with Gasteiger partial charge in [-0.2, -0.15) is 0 Å². The number of benzene rings is 1. The van der Waals surface area contributed by atoms with Crippen LogP contribution in [0, 0.1) is 11.3 Å². The molecule has 0 aliphatic heterocycles. The molecule has 2 N–H and O–H groups in total. The molecule has 0 spiro atoms. The molecule has 0 aromatic heterocycles. The molecule has 0 saturated heterocycles. The molecular weight excluding hydrogens is 266 g/mol. The maximum Gasteiger partial charge on any atom is 0.311 e. The third-order valence-electron chi connectivity index (χ3n) is 4.89. The molecule has 0 heterocycles. The summed E-state index contributed by atoms with van der Waals surface area (Å²) in [6, 6.07) is 9.97. The van der Waals surface area contributed by atoms with Crippen molar-refractivity contribution in [3.63, 3.8) is 0 Å². The molecule has 0 bridgehead atoms. The summed E-state index contributed by atoms with van der Waals surface area (Å²) in [5.41, 5.74) is -0.660. The Morgan fingerprint density at radius 2 is 1.71 bits per heavy atom. The van der Waals surface area contributed by atoms with E-state index in [9.17, 15) is 14.7 Å². The highest BCUT2D eigenvalue weighted by molar-refractivity contribution is 5.85. The third kappa shape index (κ3) is 2.94. The lowest BCUT2D eigenvalue weighted by Gasteiger charge is -2.38. The SMILES string of the molecule is CC(C)(NC(=O)C1CC1c1ccccc1)C(C)(C)C(=O)O. The van der Waals surface area contributed by atoms with Gasteiger partial charge < -0.3 is 10.4 Å². The van der Waals surface area contributed by atoms with Crippen LogP contribution in [0.5, 0.6) is 0 Å². The van der Waals surface area contributed by atoms with E-state index in [1.54, 1.807) is 27.7 Å². The molecule has 1 aliphatic carbocycles. The monoisotopic (exact) mass is 289 g/mol. The number of amides is 1. The van der Waals surface area contributed by atoms with Crippen LogP contribution in [0.2, 0.25) is 0 Å². The molecule has 21 heavy (non-hydrogen) atoms. The second-order valence-electron chi connectivity index (χ2n) is 6.90. The summed E-state index contributed by atoms with van der Waals surface area (Å²) >= 11 is 0. The van der Waals surface area contributed by atoms with E-state index in [2.05, 4.69) is 5.32 Å². The number of hydrogen-bond acceptors (Lipinski definition) is 2. The van der Waals surface area contributed by atoms with E-state index in [0.717, 1.165) is 6.42 Å². The predicted octanol–water partition coefficient (Wildman–Crippen LogP) is 2.80. The second-order valence-corrected chi connectivity index (χ2v) is 6.90. The molecular formula is C17H23NO3. The van der Waals surface area contributed by atoms with Gasteiger partial charge in [-0.1, -0.05) is 30.3 Å². The molecule has 2 rings (SSSR count). The average molecular weight is 289 g/mol. The highest BCUT2D eigenvalue weighted by Crippen LogP contribution is 2.48. The minimum absolute atomic E-state index is 0.0451. The van der Waals surface area contributed by atoms with Crippen molar-refractivity contribution < 1.29 is 14.7 Å². The predicted molar refractivity (Wildman–Crippen MR) is 80.9 cm³/mol. The number of carbonyl (C=O) groups is 2. The molecule has 1 fully saturated rings. The highest BCUT2D eigenvalue weighted by Gasteiger charge is 2.49. The number of carbonyl (C=O) groups excluding carboxylic acids is 1. The lowest BCUT2D eigenvalue weighted by atomic mass is 9.74. The summed E-state index contributed by atoms with van der Waals surface area (Å²) in [7, 11) is 0. The number of carboxylic acid groups (broad SMARTS) is 1. The van der Waals surface area contributed by atoms with Crippen molar-refractivity contribution in [2.75, 3.05) is 0 Å². The van der Waals surface area contributed by atoms with E-state index in [4.69, 9.17) is 0 Å². The number of hydrogen-bond donors (Lipinski definition) is 2. The van der Waals surface area contributed by atoms with E-state index in [0.29, 0.717) is 0 Å². The van der Waals surface area contributed by atoms with Crippen LogP contribution in [0.15, 0.2) is 30.3 Å². The first-order chi connectivity index (χ1) is 9.67. The molecule has 2 unspecified atom stereocenters. The van der Waals surface area contributed by atoms with Gasteiger partial charge in [-0.15, -0.1) is 0 Å². The Morgan fingerprint density at radius 1 is 1.14 bits per heavy atom. The van der Waals surface area contributed by atoms with Crippen LogP contribution < -0.4 is 5.32 Å². The Bertz CT molecular complexity index is 548. The molecule has 4 nitrogen and oxygen atoms in total. The molecule has 1 aliphatic rings. The van der Waals surface area contributed by atoms with Crippen LogP contribution in [0.3, 0.4) is 0 Å². The van der Waals surface area contributed by atoms with E-state index < -0.39 is 16.9 Å². The zero-order valence-electron chi connectivity index (χ0n) is 13.0. The Morgan fingerprint density at radius 3 is 2.24 bits per heavy atom. The van der Waals surface area contributed by atoms with Gasteiger partial charge >= 0.3 is 5.97 Å². The summed E-state index contributed by atoms with van der Waals surface area (Å²) in [4.78, 5) is 23.7. The minimum atomic E-state index is -1.03. The average Bonchev–Trinajstić information content (AvgIpc) is 3.19. The van der Waals surface area contributed by atoms with Crippen molar-refractivity contribution in [1.29, 1.82) is 0 Å². The molecule has 1 aromatic rings. The topological polar surface area (TPSA) is 66.4 Å². The van der Waals surface area contributed by atoms with E-state index in [1.807, 2.05) is 30.3 Å². The lowest BCUT2D eigenvalue weighted by molar-refractivity contribution is -0.151. The second kappa shape index (κ2) is 5.17. The Hall–Kier alpha value is -1.84. The van der Waals surface area contributed by atoms with Crippen LogP contribution in [0.1, 0.15) is 45.6 Å². The smallest absolute Gasteiger partial charge is 0.311 e. The third-order valence-corrected chi connectivity index (χ3v) is 4.89. The van der Waals surface area contributed by atoms with Gasteiger partial charge in [0.05, 0.1) is 5.41 Å². The molecule has 1 saturated carbocycles. The Balaban J connectivity index is 2.02. The molecule has 0 radical (unpaired) electrons. The normalized spacial score (nSPS) is 21.7. The fourth-order valence-electron chi connectivity index (χ4n) is 2.38. The van der Waals surface area contributed by atoms with Gasteiger partial charge in [-0.3, -0.25) is 9.59 Å². The van der Waals surface area contributed by atoms with Crippen LogP contribution in [0.25, 0.3) is 0 Å². The van der Waals surface area contributed by atoms with Gasteiger partial charge in [0.15, 0.2) is 0 Å². The van der Waals surface area contributed by atoms with Gasteiger partial charge in [0.25, 0.3) is 0 Å². The van der Waals surface area contributed by atoms with Gasteiger partial charge in [0.1, 0.15) is 0 Å². The molecule has 2 atom stereocenters. The number of carboxylic acids is 1. The zero-order chi connectivity index (χ0) is 15.8. The minimum Gasteiger partial charge on any atom is -0.481 e. The van der Waals surface area contributed by atoms with Crippen LogP contribution in [-0.2, 0) is 9.59 Å². The highest BCUT2D eigenvalue weighted by atomic mass is 16.4. The van der Waals surface area contributed by atoms with Crippen LogP contribution >= 0.6 is 0 Å². The summed E-state index contributed by atoms with van der Waals surface area (Å²) in [6.07, 6.45) is 0.833. The van der Waals surface area contributed by atoms with Gasteiger partial charge in [0, 0.05) is 11.5 Å². The fourth-order valence-corrected chi connectivity index (χ4v) is 2.38. The van der Waals surface area contributed by atoms with Crippen molar-refractivity contribution in [2.24, 2.45) is 11.3 Å².